The predicted molar refractivity (Wildman–Crippen MR) is 76.7 cm³/mol. The third kappa shape index (κ3) is 4.00. The molecule has 0 atom stereocenters. The second kappa shape index (κ2) is 6.47. The van der Waals surface area contributed by atoms with Crippen LogP contribution >= 0.6 is 0 Å². The first-order valence-corrected chi connectivity index (χ1v) is 6.15. The highest BCUT2D eigenvalue weighted by Gasteiger charge is 2.10. The molecule has 0 aliphatic heterocycles. The second-order valence-electron chi connectivity index (χ2n) is 4.27. The van der Waals surface area contributed by atoms with Crippen LogP contribution in [-0.2, 0) is 0 Å². The predicted octanol–water partition coefficient (Wildman–Crippen LogP) is 1.97. The number of amides is 1. The number of anilines is 1. The van der Waals surface area contributed by atoms with Gasteiger partial charge in [-0.2, -0.15) is 0 Å². The first-order valence-electron chi connectivity index (χ1n) is 6.15. The van der Waals surface area contributed by atoms with Crippen molar-refractivity contribution in [3.8, 4) is 5.75 Å². The summed E-state index contributed by atoms with van der Waals surface area (Å²) in [5.41, 5.74) is 5.86. The number of rotatable bonds is 5. The van der Waals surface area contributed by atoms with Gasteiger partial charge in [-0.1, -0.05) is 11.2 Å². The fraction of sp³-hybridized carbons (Fsp3) is 0.143. The van der Waals surface area contributed by atoms with Gasteiger partial charge in [-0.3, -0.25) is 4.79 Å². The van der Waals surface area contributed by atoms with Crippen molar-refractivity contribution in [2.24, 2.45) is 10.9 Å². The summed E-state index contributed by atoms with van der Waals surface area (Å²) in [6.45, 7) is 1.71. The minimum absolute atomic E-state index is 0.0458. The second-order valence-corrected chi connectivity index (χ2v) is 4.27. The molecule has 0 unspecified atom stereocenters. The Morgan fingerprint density at radius 3 is 2.90 bits per heavy atom. The fourth-order valence-corrected chi connectivity index (χ4v) is 1.60. The van der Waals surface area contributed by atoms with Crippen molar-refractivity contribution < 1.29 is 19.2 Å². The molecule has 0 fully saturated rings. The summed E-state index contributed by atoms with van der Waals surface area (Å²) in [7, 11) is 0. The topological polar surface area (TPSA) is 110 Å². The van der Waals surface area contributed by atoms with Gasteiger partial charge in [-0.15, -0.1) is 0 Å². The molecule has 21 heavy (non-hydrogen) atoms. The number of aryl methyl sites for hydroxylation is 1. The van der Waals surface area contributed by atoms with Gasteiger partial charge >= 0.3 is 0 Å². The number of ether oxygens (including phenoxy) is 1. The highest BCUT2D eigenvalue weighted by molar-refractivity contribution is 6.02. The van der Waals surface area contributed by atoms with Gasteiger partial charge in [0.15, 0.2) is 11.6 Å². The third-order valence-corrected chi connectivity index (χ3v) is 2.57. The molecule has 2 rings (SSSR count). The molecule has 0 aliphatic carbocycles. The van der Waals surface area contributed by atoms with Gasteiger partial charge < -0.3 is 25.4 Å². The number of nitrogens with one attached hydrogen (secondary N) is 1. The van der Waals surface area contributed by atoms with Crippen molar-refractivity contribution in [2.45, 2.75) is 6.92 Å². The first-order chi connectivity index (χ1) is 10.1. The Balaban J connectivity index is 2.02. The van der Waals surface area contributed by atoms with E-state index < -0.39 is 0 Å². The molecule has 1 amide bonds. The van der Waals surface area contributed by atoms with Gasteiger partial charge in [-0.05, 0) is 31.2 Å². The normalized spacial score (nSPS) is 11.2. The van der Waals surface area contributed by atoms with Gasteiger partial charge in [0.1, 0.15) is 18.1 Å². The van der Waals surface area contributed by atoms with Gasteiger partial charge in [0.2, 0.25) is 0 Å². The van der Waals surface area contributed by atoms with Crippen molar-refractivity contribution in [1.29, 1.82) is 0 Å². The van der Waals surface area contributed by atoms with Gasteiger partial charge in [-0.25, -0.2) is 0 Å². The lowest BCUT2D eigenvalue weighted by molar-refractivity contribution is 0.0995. The zero-order valence-electron chi connectivity index (χ0n) is 11.4. The van der Waals surface area contributed by atoms with Crippen LogP contribution in [0.2, 0.25) is 0 Å². The van der Waals surface area contributed by atoms with Crippen LogP contribution in [0.3, 0.4) is 0 Å². The van der Waals surface area contributed by atoms with E-state index in [1.54, 1.807) is 43.3 Å². The van der Waals surface area contributed by atoms with E-state index in [0.29, 0.717) is 17.2 Å². The summed E-state index contributed by atoms with van der Waals surface area (Å²) in [5, 5.41) is 13.9. The van der Waals surface area contributed by atoms with E-state index in [-0.39, 0.29) is 24.1 Å². The van der Waals surface area contributed by atoms with E-state index >= 15 is 0 Å². The Bertz CT molecular complexity index is 664. The standard InChI is InChI=1S/C14H15N3O4/c1-9-5-6-12(21-9)14(18)16-10-3-2-4-11(7-10)20-8-13(15)17-19/h2-7,19H,8H2,1H3,(H2,15,17)(H,16,18). The zero-order chi connectivity index (χ0) is 15.2. The summed E-state index contributed by atoms with van der Waals surface area (Å²) in [6, 6.07) is 10.1. The summed E-state index contributed by atoms with van der Waals surface area (Å²) in [6.07, 6.45) is 0. The average molecular weight is 289 g/mol. The SMILES string of the molecule is Cc1ccc(C(=O)Nc2cccc(OC/C(N)=N/O)c2)o1. The molecule has 7 heteroatoms. The van der Waals surface area contributed by atoms with Gasteiger partial charge in [0, 0.05) is 11.8 Å². The number of oxime groups is 1. The first kappa shape index (κ1) is 14.4. The van der Waals surface area contributed by atoms with Crippen LogP contribution in [0.15, 0.2) is 46.0 Å². The highest BCUT2D eigenvalue weighted by atomic mass is 16.5. The molecule has 0 saturated carbocycles. The molecule has 2 aromatic rings. The summed E-state index contributed by atoms with van der Waals surface area (Å²) in [5.74, 6) is 0.980. The molecule has 1 aromatic carbocycles. The van der Waals surface area contributed by atoms with E-state index in [2.05, 4.69) is 10.5 Å². The van der Waals surface area contributed by atoms with E-state index in [9.17, 15) is 4.79 Å². The monoisotopic (exact) mass is 289 g/mol. The number of nitrogens with two attached hydrogens (primary N) is 1. The molecular formula is C14H15N3O4. The highest BCUT2D eigenvalue weighted by Crippen LogP contribution is 2.18. The zero-order valence-corrected chi connectivity index (χ0v) is 11.4. The average Bonchev–Trinajstić information content (AvgIpc) is 2.92. The molecule has 0 saturated heterocycles. The summed E-state index contributed by atoms with van der Waals surface area (Å²) < 4.78 is 10.5. The molecular weight excluding hydrogens is 274 g/mol. The maximum absolute atomic E-state index is 11.9. The number of furan rings is 1. The molecule has 0 spiro atoms. The molecule has 7 nitrogen and oxygen atoms in total. The van der Waals surface area contributed by atoms with Gasteiger partial charge in [0.25, 0.3) is 5.91 Å². The largest absolute Gasteiger partial charge is 0.485 e. The van der Waals surface area contributed by atoms with Crippen molar-refractivity contribution in [1.82, 2.24) is 0 Å². The maximum Gasteiger partial charge on any atom is 0.291 e. The third-order valence-electron chi connectivity index (χ3n) is 2.57. The summed E-state index contributed by atoms with van der Waals surface area (Å²) >= 11 is 0. The maximum atomic E-state index is 11.9. The van der Waals surface area contributed by atoms with Crippen molar-refractivity contribution in [2.75, 3.05) is 11.9 Å². The molecule has 4 N–H and O–H groups in total. The number of benzene rings is 1. The lowest BCUT2D eigenvalue weighted by Crippen LogP contribution is -2.20. The van der Waals surface area contributed by atoms with E-state index in [0.717, 1.165) is 0 Å². The number of carbonyl (C=O) groups is 1. The number of amidine groups is 1. The van der Waals surface area contributed by atoms with Crippen molar-refractivity contribution in [3.63, 3.8) is 0 Å². The Morgan fingerprint density at radius 2 is 2.24 bits per heavy atom. The smallest absolute Gasteiger partial charge is 0.291 e. The molecule has 1 aromatic heterocycles. The van der Waals surface area contributed by atoms with Crippen molar-refractivity contribution in [3.05, 3.63) is 47.9 Å². The number of nitrogens with zero attached hydrogens (tertiary/aromatic N) is 1. The number of hydrogen-bond acceptors (Lipinski definition) is 5. The fourth-order valence-electron chi connectivity index (χ4n) is 1.60. The molecule has 110 valence electrons. The molecule has 0 bridgehead atoms. The quantitative estimate of drug-likeness (QED) is 0.337. The van der Waals surface area contributed by atoms with Crippen LogP contribution in [0.1, 0.15) is 16.3 Å². The van der Waals surface area contributed by atoms with Crippen LogP contribution in [-0.4, -0.2) is 23.6 Å². The Labute approximate surface area is 121 Å². The minimum Gasteiger partial charge on any atom is -0.485 e. The minimum atomic E-state index is -0.350. The number of hydrogen-bond donors (Lipinski definition) is 3. The Morgan fingerprint density at radius 1 is 1.43 bits per heavy atom. The van der Waals surface area contributed by atoms with Crippen molar-refractivity contribution >= 4 is 17.4 Å². The molecule has 1 heterocycles. The van der Waals surface area contributed by atoms with E-state index in [4.69, 9.17) is 20.1 Å². The van der Waals surface area contributed by atoms with E-state index in [1.165, 1.54) is 0 Å². The van der Waals surface area contributed by atoms with Crippen LogP contribution in [0.4, 0.5) is 5.69 Å². The lowest BCUT2D eigenvalue weighted by atomic mass is 10.3. The molecule has 0 radical (unpaired) electrons. The summed E-state index contributed by atoms with van der Waals surface area (Å²) in [4.78, 5) is 11.9. The van der Waals surface area contributed by atoms with Crippen LogP contribution in [0.25, 0.3) is 0 Å². The number of carbonyl (C=O) groups excluding carboxylic acids is 1. The Hall–Kier alpha value is -2.96. The Kier molecular flexibility index (Phi) is 4.45. The van der Waals surface area contributed by atoms with E-state index in [1.807, 2.05) is 0 Å². The lowest BCUT2D eigenvalue weighted by Gasteiger charge is -2.08. The molecule has 0 aliphatic rings. The van der Waals surface area contributed by atoms with Crippen LogP contribution in [0, 0.1) is 6.92 Å². The van der Waals surface area contributed by atoms with Crippen LogP contribution < -0.4 is 15.8 Å². The van der Waals surface area contributed by atoms with Crippen LogP contribution in [0.5, 0.6) is 5.75 Å². The van der Waals surface area contributed by atoms with Gasteiger partial charge in [0.05, 0.1) is 0 Å².